The number of rotatable bonds is 10. The molecule has 0 saturated heterocycles. The van der Waals surface area contributed by atoms with Gasteiger partial charge in [0.25, 0.3) is 10.1 Å². The van der Waals surface area contributed by atoms with Gasteiger partial charge in [0.05, 0.1) is 6.54 Å². The van der Waals surface area contributed by atoms with E-state index in [2.05, 4.69) is 5.32 Å². The van der Waals surface area contributed by atoms with Crippen molar-refractivity contribution >= 4 is 16.1 Å². The fraction of sp³-hybridized carbons (Fsp3) is 0.889. The molecule has 0 bridgehead atoms. The van der Waals surface area contributed by atoms with E-state index < -0.39 is 22.0 Å². The van der Waals surface area contributed by atoms with Crippen LogP contribution in [0.4, 0.5) is 0 Å². The van der Waals surface area contributed by atoms with Crippen LogP contribution in [0, 0.1) is 0 Å². The van der Waals surface area contributed by atoms with Gasteiger partial charge in [-0.3, -0.25) is 14.2 Å². The minimum atomic E-state index is -4.06. The molecule has 0 fully saturated rings. The van der Waals surface area contributed by atoms with Crippen LogP contribution in [-0.2, 0) is 14.9 Å². The maximum absolute atomic E-state index is 10.8. The van der Waals surface area contributed by atoms with Gasteiger partial charge in [-0.25, -0.2) is 0 Å². The Kier molecular flexibility index (Phi) is 8.03. The molecular formula is C9H21N3O5S. The van der Waals surface area contributed by atoms with Gasteiger partial charge in [-0.2, -0.15) is 8.42 Å². The number of nitrogens with one attached hydrogen (secondary N) is 1. The molecule has 8 nitrogen and oxygen atoms in total. The molecule has 0 aromatic carbocycles. The molecule has 0 aromatic rings. The van der Waals surface area contributed by atoms with Gasteiger partial charge >= 0.3 is 5.97 Å². The maximum Gasteiger partial charge on any atom is 0.317 e. The highest BCUT2D eigenvalue weighted by molar-refractivity contribution is 7.85. The third-order valence-electron chi connectivity index (χ3n) is 2.09. The molecule has 0 saturated carbocycles. The highest BCUT2D eigenvalue weighted by Gasteiger charge is 2.13. The summed E-state index contributed by atoms with van der Waals surface area (Å²) in [6, 6.07) is 0. The Labute approximate surface area is 107 Å². The molecule has 0 aliphatic carbocycles. The van der Waals surface area contributed by atoms with Crippen LogP contribution in [0.5, 0.6) is 0 Å². The lowest BCUT2D eigenvalue weighted by atomic mass is 10.4. The first kappa shape index (κ1) is 17.3. The van der Waals surface area contributed by atoms with E-state index in [0.29, 0.717) is 26.2 Å². The zero-order valence-electron chi connectivity index (χ0n) is 10.7. The third kappa shape index (κ3) is 11.7. The number of carbonyl (C=O) groups is 1. The van der Waals surface area contributed by atoms with Crippen molar-refractivity contribution in [1.82, 2.24) is 15.1 Å². The highest BCUT2D eigenvalue weighted by Crippen LogP contribution is 1.93. The number of carboxylic acid groups (broad SMARTS) is 1. The van der Waals surface area contributed by atoms with E-state index in [4.69, 9.17) is 9.66 Å². The van der Waals surface area contributed by atoms with Crippen LogP contribution in [0.3, 0.4) is 0 Å². The molecule has 18 heavy (non-hydrogen) atoms. The van der Waals surface area contributed by atoms with E-state index in [0.717, 1.165) is 0 Å². The van der Waals surface area contributed by atoms with Crippen molar-refractivity contribution < 1.29 is 22.9 Å². The minimum Gasteiger partial charge on any atom is -0.480 e. The van der Waals surface area contributed by atoms with E-state index in [1.54, 1.807) is 4.90 Å². The Morgan fingerprint density at radius 3 is 2.28 bits per heavy atom. The van der Waals surface area contributed by atoms with Gasteiger partial charge < -0.3 is 15.3 Å². The highest BCUT2D eigenvalue weighted by atomic mass is 32.2. The first-order valence-electron chi connectivity index (χ1n) is 5.45. The second kappa shape index (κ2) is 8.38. The predicted octanol–water partition coefficient (Wildman–Crippen LogP) is -1.63. The van der Waals surface area contributed by atoms with Crippen LogP contribution in [0.25, 0.3) is 0 Å². The van der Waals surface area contributed by atoms with Crippen LogP contribution in [0.2, 0.25) is 0 Å². The Morgan fingerprint density at radius 2 is 1.83 bits per heavy atom. The first-order chi connectivity index (χ1) is 8.20. The normalized spacial score (nSPS) is 12.3. The fourth-order valence-corrected chi connectivity index (χ4v) is 1.97. The lowest BCUT2D eigenvalue weighted by Gasteiger charge is -2.22. The van der Waals surface area contributed by atoms with Gasteiger partial charge in [-0.1, -0.05) is 0 Å². The van der Waals surface area contributed by atoms with Crippen LogP contribution < -0.4 is 5.32 Å². The van der Waals surface area contributed by atoms with Gasteiger partial charge in [0, 0.05) is 26.2 Å². The van der Waals surface area contributed by atoms with Crippen molar-refractivity contribution in [2.45, 2.75) is 0 Å². The molecule has 0 amide bonds. The summed E-state index contributed by atoms with van der Waals surface area (Å²) in [5, 5.41) is 11.1. The van der Waals surface area contributed by atoms with E-state index in [-0.39, 0.29) is 6.54 Å². The molecule has 3 N–H and O–H groups in total. The van der Waals surface area contributed by atoms with Gasteiger partial charge in [0.1, 0.15) is 5.88 Å². The third-order valence-corrected chi connectivity index (χ3v) is 2.78. The Bertz CT molecular complexity index is 344. The van der Waals surface area contributed by atoms with Gasteiger partial charge in [0.15, 0.2) is 0 Å². The number of hydrogen-bond acceptors (Lipinski definition) is 6. The SMILES string of the molecule is CN(C)CCN(CCNCC(=O)O)CS(=O)(=O)O. The van der Waals surface area contributed by atoms with Crippen molar-refractivity contribution in [2.75, 3.05) is 52.7 Å². The summed E-state index contributed by atoms with van der Waals surface area (Å²) in [4.78, 5) is 13.7. The number of aliphatic carboxylic acids is 1. The molecule has 9 heteroatoms. The molecule has 0 spiro atoms. The standard InChI is InChI=1S/C9H21N3O5S/c1-11(2)5-6-12(8-18(15,16)17)4-3-10-7-9(13)14/h10H,3-8H2,1-2H3,(H,13,14)(H,15,16,17). The molecule has 0 unspecified atom stereocenters. The predicted molar refractivity (Wildman–Crippen MR) is 67.0 cm³/mol. The van der Waals surface area contributed by atoms with Crippen LogP contribution in [-0.4, -0.2) is 86.5 Å². The zero-order chi connectivity index (χ0) is 14.2. The second-order valence-electron chi connectivity index (χ2n) is 4.20. The fourth-order valence-electron chi connectivity index (χ4n) is 1.25. The Morgan fingerprint density at radius 1 is 1.22 bits per heavy atom. The molecule has 0 aromatic heterocycles. The summed E-state index contributed by atoms with van der Waals surface area (Å²) in [5.41, 5.74) is 0. The number of likely N-dealkylation sites (N-methyl/N-ethyl adjacent to an activating group) is 1. The van der Waals surface area contributed by atoms with Gasteiger partial charge in [-0.05, 0) is 14.1 Å². The van der Waals surface area contributed by atoms with Crippen molar-refractivity contribution in [3.63, 3.8) is 0 Å². The number of hydrogen-bond donors (Lipinski definition) is 3. The summed E-state index contributed by atoms with van der Waals surface area (Å²) >= 11 is 0. The van der Waals surface area contributed by atoms with Crippen LogP contribution >= 0.6 is 0 Å². The van der Waals surface area contributed by atoms with E-state index >= 15 is 0 Å². The van der Waals surface area contributed by atoms with E-state index in [1.165, 1.54) is 0 Å². The molecule has 0 aliphatic heterocycles. The molecule has 0 heterocycles. The number of carboxylic acids is 1. The maximum atomic E-state index is 10.8. The molecular weight excluding hydrogens is 262 g/mol. The van der Waals surface area contributed by atoms with E-state index in [1.807, 2.05) is 19.0 Å². The Hall–Kier alpha value is -0.740. The summed E-state index contributed by atoms with van der Waals surface area (Å²) in [6.07, 6.45) is 0. The molecule has 0 aliphatic rings. The van der Waals surface area contributed by atoms with Crippen molar-refractivity contribution in [1.29, 1.82) is 0 Å². The summed E-state index contributed by atoms with van der Waals surface area (Å²) in [5.74, 6) is -1.42. The summed E-state index contributed by atoms with van der Waals surface area (Å²) < 4.78 is 30.4. The van der Waals surface area contributed by atoms with Crippen molar-refractivity contribution in [3.8, 4) is 0 Å². The van der Waals surface area contributed by atoms with Crippen molar-refractivity contribution in [2.24, 2.45) is 0 Å². The average molecular weight is 283 g/mol. The molecule has 108 valence electrons. The quantitative estimate of drug-likeness (QED) is 0.324. The Balaban J connectivity index is 4.08. The van der Waals surface area contributed by atoms with Crippen LogP contribution in [0.15, 0.2) is 0 Å². The van der Waals surface area contributed by atoms with Crippen molar-refractivity contribution in [3.05, 3.63) is 0 Å². The first-order valence-corrected chi connectivity index (χ1v) is 7.06. The average Bonchev–Trinajstić information content (AvgIpc) is 2.18. The molecule has 0 atom stereocenters. The second-order valence-corrected chi connectivity index (χ2v) is 5.62. The van der Waals surface area contributed by atoms with E-state index in [9.17, 15) is 13.2 Å². The largest absolute Gasteiger partial charge is 0.480 e. The number of nitrogens with zero attached hydrogens (tertiary/aromatic N) is 2. The lowest BCUT2D eigenvalue weighted by Crippen LogP contribution is -2.40. The van der Waals surface area contributed by atoms with Gasteiger partial charge in [0.2, 0.25) is 0 Å². The smallest absolute Gasteiger partial charge is 0.317 e. The molecule has 0 rings (SSSR count). The van der Waals surface area contributed by atoms with Crippen LogP contribution in [0.1, 0.15) is 0 Å². The lowest BCUT2D eigenvalue weighted by molar-refractivity contribution is -0.135. The monoisotopic (exact) mass is 283 g/mol. The van der Waals surface area contributed by atoms with Gasteiger partial charge in [-0.15, -0.1) is 0 Å². The molecule has 0 radical (unpaired) electrons. The minimum absolute atomic E-state index is 0.173. The summed E-state index contributed by atoms with van der Waals surface area (Å²) in [7, 11) is -0.350. The summed E-state index contributed by atoms with van der Waals surface area (Å²) in [6.45, 7) is 1.64. The zero-order valence-corrected chi connectivity index (χ0v) is 11.5. The topological polar surface area (TPSA) is 110 Å².